The molecule has 2 aliphatic heterocycles. The molecule has 2 N–H and O–H groups in total. The maximum atomic E-state index is 13.8. The quantitative estimate of drug-likeness (QED) is 0.333. The molecule has 2 unspecified atom stereocenters. The first-order valence-electron chi connectivity index (χ1n) is 17.4. The van der Waals surface area contributed by atoms with Gasteiger partial charge in [0.25, 0.3) is 0 Å². The molecule has 7 rings (SSSR count). The van der Waals surface area contributed by atoms with E-state index in [0.29, 0.717) is 24.2 Å². The number of nitrogens with one attached hydrogen (secondary N) is 2. The average Bonchev–Trinajstić information content (AvgIpc) is 3.80. The summed E-state index contributed by atoms with van der Waals surface area (Å²) in [6.45, 7) is 7.89. The van der Waals surface area contributed by atoms with Crippen LogP contribution in [0.3, 0.4) is 0 Å². The highest BCUT2D eigenvalue weighted by Gasteiger charge is 2.49. The second-order valence-corrected chi connectivity index (χ2v) is 14.2. The number of piperidine rings is 2. The van der Waals surface area contributed by atoms with Gasteiger partial charge < -0.3 is 20.1 Å². The van der Waals surface area contributed by atoms with Crippen molar-refractivity contribution in [1.82, 2.24) is 30.1 Å². The molecular weight excluding hydrogens is 572 g/mol. The maximum Gasteiger partial charge on any atom is 0.227 e. The van der Waals surface area contributed by atoms with Crippen molar-refractivity contribution in [3.05, 3.63) is 82.7 Å². The summed E-state index contributed by atoms with van der Waals surface area (Å²) in [6, 6.07) is 10.6. The topological polar surface area (TPSA) is 92.2 Å². The number of carbonyl (C=O) groups is 2. The van der Waals surface area contributed by atoms with Crippen molar-refractivity contribution in [1.29, 1.82) is 0 Å². The fourth-order valence-electron chi connectivity index (χ4n) is 8.19. The van der Waals surface area contributed by atoms with Gasteiger partial charge in [0.2, 0.25) is 11.8 Å². The smallest absolute Gasteiger partial charge is 0.227 e. The molecule has 1 saturated carbocycles. The number of hydrogen-bond donors (Lipinski definition) is 2. The van der Waals surface area contributed by atoms with Gasteiger partial charge in [-0.15, -0.1) is 0 Å². The monoisotopic (exact) mass is 620 g/mol. The first-order valence-corrected chi connectivity index (χ1v) is 17.4. The standard InChI is InChI=1S/C38H48N6O2/c1-4-38(13-14-38)37(46)42-36(32-23-40-24-43(32)3)31-22-28-6-5-15-41-35(28)34(29-8-7-25(2)20-30(29)31)27-11-18-44(19-12-27)33(45)21-26-9-16-39-17-10-26/h5-8,15,20,22-24,26-27,34,36,39H,4,9-14,16-19,21H2,1-3H3,(H,42,46). The van der Waals surface area contributed by atoms with Gasteiger partial charge in [-0.2, -0.15) is 0 Å². The molecule has 0 bridgehead atoms. The number of aryl methyl sites for hydroxylation is 2. The van der Waals surface area contributed by atoms with Gasteiger partial charge in [0.1, 0.15) is 0 Å². The molecule has 242 valence electrons. The van der Waals surface area contributed by atoms with Gasteiger partial charge in [-0.3, -0.25) is 14.6 Å². The third kappa shape index (κ3) is 5.92. The number of nitrogens with zero attached hydrogens (tertiary/aromatic N) is 4. The number of imidazole rings is 1. The van der Waals surface area contributed by atoms with Crippen molar-refractivity contribution in [2.75, 3.05) is 26.2 Å². The first-order chi connectivity index (χ1) is 22.4. The molecule has 3 aromatic rings. The molecule has 4 aliphatic rings. The molecule has 4 heterocycles. The number of fused-ring (bicyclic) bond motifs is 2. The van der Waals surface area contributed by atoms with Crippen molar-refractivity contribution >= 4 is 23.5 Å². The Bertz CT molecular complexity index is 1620. The van der Waals surface area contributed by atoms with E-state index in [1.54, 1.807) is 0 Å². The highest BCUT2D eigenvalue weighted by molar-refractivity contribution is 5.93. The summed E-state index contributed by atoms with van der Waals surface area (Å²) in [5.41, 5.74) is 7.56. The molecule has 0 radical (unpaired) electrons. The largest absolute Gasteiger partial charge is 0.343 e. The van der Waals surface area contributed by atoms with Crippen LogP contribution in [0.25, 0.3) is 11.6 Å². The summed E-state index contributed by atoms with van der Waals surface area (Å²) < 4.78 is 2.02. The van der Waals surface area contributed by atoms with E-state index >= 15 is 0 Å². The Hall–Kier alpha value is -3.78. The average molecular weight is 621 g/mol. The van der Waals surface area contributed by atoms with Crippen molar-refractivity contribution in [3.8, 4) is 0 Å². The molecule has 8 heteroatoms. The van der Waals surface area contributed by atoms with Crippen LogP contribution < -0.4 is 10.6 Å². The van der Waals surface area contributed by atoms with E-state index in [2.05, 4.69) is 64.7 Å². The van der Waals surface area contributed by atoms with Gasteiger partial charge in [0, 0.05) is 44.1 Å². The van der Waals surface area contributed by atoms with E-state index in [1.165, 1.54) is 16.7 Å². The van der Waals surface area contributed by atoms with Gasteiger partial charge in [-0.1, -0.05) is 36.8 Å². The molecule has 2 aromatic heterocycles. The first kappa shape index (κ1) is 30.9. The molecule has 3 fully saturated rings. The number of likely N-dealkylation sites (tertiary alicyclic amines) is 1. The predicted molar refractivity (Wildman–Crippen MR) is 181 cm³/mol. The Kier molecular flexibility index (Phi) is 8.57. The van der Waals surface area contributed by atoms with E-state index < -0.39 is 0 Å². The second-order valence-electron chi connectivity index (χ2n) is 14.2. The lowest BCUT2D eigenvalue weighted by Crippen LogP contribution is -2.41. The molecule has 2 saturated heterocycles. The molecule has 2 amide bonds. The summed E-state index contributed by atoms with van der Waals surface area (Å²) in [7, 11) is 2.00. The molecule has 2 atom stereocenters. The number of pyridine rings is 1. The fourth-order valence-corrected chi connectivity index (χ4v) is 8.19. The van der Waals surface area contributed by atoms with E-state index in [-0.39, 0.29) is 23.3 Å². The zero-order valence-corrected chi connectivity index (χ0v) is 27.6. The SMILES string of the molecule is CCC1(C(=O)NC(C2=Cc3cccnc3C(C3CCN(C(=O)CC4CCNCC4)CC3)c3ccc(C)cc32)c2cncn2C)CC1. The summed E-state index contributed by atoms with van der Waals surface area (Å²) in [6.07, 6.45) is 15.4. The minimum absolute atomic E-state index is 0.0931. The predicted octanol–water partition coefficient (Wildman–Crippen LogP) is 5.79. The van der Waals surface area contributed by atoms with Crippen molar-refractivity contribution < 1.29 is 9.59 Å². The molecule has 1 aromatic carbocycles. The van der Waals surface area contributed by atoms with Crippen LogP contribution in [-0.4, -0.2) is 57.4 Å². The number of benzene rings is 1. The Morgan fingerprint density at radius 1 is 1.11 bits per heavy atom. The Balaban J connectivity index is 1.23. The van der Waals surface area contributed by atoms with Crippen LogP contribution in [0, 0.1) is 24.2 Å². The summed E-state index contributed by atoms with van der Waals surface area (Å²) in [4.78, 5) is 38.8. The van der Waals surface area contributed by atoms with Crippen LogP contribution in [0.1, 0.15) is 104 Å². The van der Waals surface area contributed by atoms with Gasteiger partial charge in [0.05, 0.1) is 30.0 Å². The van der Waals surface area contributed by atoms with Crippen LogP contribution in [0.2, 0.25) is 0 Å². The van der Waals surface area contributed by atoms with Gasteiger partial charge >= 0.3 is 0 Å². The normalized spacial score (nSPS) is 21.8. The summed E-state index contributed by atoms with van der Waals surface area (Å²) in [5, 5.41) is 6.93. The number of aromatic nitrogens is 3. The zero-order chi connectivity index (χ0) is 31.8. The fraction of sp³-hybridized carbons (Fsp3) is 0.526. The van der Waals surface area contributed by atoms with Gasteiger partial charge in [-0.05, 0) is 111 Å². The van der Waals surface area contributed by atoms with Crippen LogP contribution >= 0.6 is 0 Å². The Morgan fingerprint density at radius 2 is 1.89 bits per heavy atom. The van der Waals surface area contributed by atoms with E-state index in [1.807, 2.05) is 36.4 Å². The molecule has 46 heavy (non-hydrogen) atoms. The Labute approximate surface area is 273 Å². The van der Waals surface area contributed by atoms with Crippen molar-refractivity contribution in [2.24, 2.45) is 24.3 Å². The maximum absolute atomic E-state index is 13.8. The number of rotatable bonds is 8. The lowest BCUT2D eigenvalue weighted by molar-refractivity contribution is -0.134. The van der Waals surface area contributed by atoms with Crippen molar-refractivity contribution in [2.45, 2.75) is 77.2 Å². The molecule has 8 nitrogen and oxygen atoms in total. The lowest BCUT2D eigenvalue weighted by atomic mass is 9.75. The third-order valence-corrected chi connectivity index (χ3v) is 11.4. The highest BCUT2D eigenvalue weighted by atomic mass is 16.2. The number of hydrogen-bond acceptors (Lipinski definition) is 5. The number of carbonyl (C=O) groups excluding carboxylic acids is 2. The lowest BCUT2D eigenvalue weighted by Gasteiger charge is -2.37. The van der Waals surface area contributed by atoms with Crippen LogP contribution in [-0.2, 0) is 16.6 Å². The number of amides is 2. The van der Waals surface area contributed by atoms with Crippen LogP contribution in [0.4, 0.5) is 0 Å². The van der Waals surface area contributed by atoms with Crippen LogP contribution in [0.15, 0.2) is 49.1 Å². The Morgan fingerprint density at radius 3 is 2.59 bits per heavy atom. The molecule has 2 aliphatic carbocycles. The van der Waals surface area contributed by atoms with Gasteiger partial charge in [-0.25, -0.2) is 4.98 Å². The van der Waals surface area contributed by atoms with E-state index in [9.17, 15) is 9.59 Å². The van der Waals surface area contributed by atoms with Crippen LogP contribution in [0.5, 0.6) is 0 Å². The third-order valence-electron chi connectivity index (χ3n) is 11.4. The van der Waals surface area contributed by atoms with E-state index in [0.717, 1.165) is 93.6 Å². The summed E-state index contributed by atoms with van der Waals surface area (Å²) in [5.74, 6) is 1.40. The van der Waals surface area contributed by atoms with Gasteiger partial charge in [0.15, 0.2) is 0 Å². The minimum atomic E-state index is -0.356. The minimum Gasteiger partial charge on any atom is -0.343 e. The zero-order valence-electron chi connectivity index (χ0n) is 27.6. The summed E-state index contributed by atoms with van der Waals surface area (Å²) >= 11 is 0. The molecular formula is C38H48N6O2. The molecule has 0 spiro atoms. The second kappa shape index (κ2) is 12.8. The van der Waals surface area contributed by atoms with E-state index in [4.69, 9.17) is 4.98 Å². The van der Waals surface area contributed by atoms with Crippen molar-refractivity contribution in [3.63, 3.8) is 0 Å². The highest BCUT2D eigenvalue weighted by Crippen LogP contribution is 2.51.